The van der Waals surface area contributed by atoms with Crippen LogP contribution < -0.4 is 10.6 Å². The number of thiophene rings is 1. The van der Waals surface area contributed by atoms with Crippen molar-refractivity contribution in [1.82, 2.24) is 15.5 Å². The number of nitrogens with one attached hydrogen (secondary N) is 2. The molecule has 1 aromatic heterocycles. The van der Waals surface area contributed by atoms with E-state index in [-0.39, 0.29) is 18.5 Å². The Hall–Kier alpha value is -2.67. The second kappa shape index (κ2) is 6.68. The third kappa shape index (κ3) is 3.28. The zero-order valence-corrected chi connectivity index (χ0v) is 14.8. The lowest BCUT2D eigenvalue weighted by Crippen LogP contribution is -2.43. The van der Waals surface area contributed by atoms with Crippen molar-refractivity contribution < 1.29 is 14.4 Å². The van der Waals surface area contributed by atoms with Gasteiger partial charge in [-0.05, 0) is 30.9 Å². The molecule has 3 rings (SSSR count). The Bertz CT molecular complexity index is 791. The van der Waals surface area contributed by atoms with Gasteiger partial charge in [-0.1, -0.05) is 36.4 Å². The summed E-state index contributed by atoms with van der Waals surface area (Å²) in [6, 6.07) is 12.1. The minimum atomic E-state index is -1.15. The summed E-state index contributed by atoms with van der Waals surface area (Å²) in [4.78, 5) is 39.2. The van der Waals surface area contributed by atoms with Gasteiger partial charge in [-0.2, -0.15) is 0 Å². The third-order valence-electron chi connectivity index (χ3n) is 4.28. The van der Waals surface area contributed by atoms with Gasteiger partial charge < -0.3 is 10.6 Å². The van der Waals surface area contributed by atoms with Crippen LogP contribution in [0.5, 0.6) is 0 Å². The highest BCUT2D eigenvalue weighted by Gasteiger charge is 2.49. The van der Waals surface area contributed by atoms with Gasteiger partial charge in [0.15, 0.2) is 0 Å². The van der Waals surface area contributed by atoms with E-state index in [4.69, 9.17) is 0 Å². The lowest BCUT2D eigenvalue weighted by atomic mass is 9.92. The van der Waals surface area contributed by atoms with E-state index < -0.39 is 17.5 Å². The molecule has 0 spiro atoms. The molecule has 2 unspecified atom stereocenters. The maximum absolute atomic E-state index is 12.8. The minimum absolute atomic E-state index is 0.172. The summed E-state index contributed by atoms with van der Waals surface area (Å²) in [5.41, 5.74) is -0.471. The molecule has 1 aliphatic heterocycles. The predicted molar refractivity (Wildman–Crippen MR) is 94.9 cm³/mol. The first-order valence-corrected chi connectivity index (χ1v) is 8.82. The lowest BCUT2D eigenvalue weighted by Gasteiger charge is -2.22. The minimum Gasteiger partial charge on any atom is -0.347 e. The van der Waals surface area contributed by atoms with Crippen LogP contribution in [-0.4, -0.2) is 29.3 Å². The molecule has 7 heteroatoms. The van der Waals surface area contributed by atoms with Crippen molar-refractivity contribution in [3.05, 3.63) is 58.3 Å². The Kier molecular flexibility index (Phi) is 4.59. The van der Waals surface area contributed by atoms with E-state index in [0.29, 0.717) is 5.56 Å². The second-order valence-corrected chi connectivity index (χ2v) is 7.10. The van der Waals surface area contributed by atoms with Gasteiger partial charge in [-0.3, -0.25) is 14.5 Å². The van der Waals surface area contributed by atoms with Crippen LogP contribution in [0.3, 0.4) is 0 Å². The van der Waals surface area contributed by atoms with Crippen LogP contribution in [0.15, 0.2) is 47.8 Å². The topological polar surface area (TPSA) is 78.5 Å². The number of hydrogen-bond donors (Lipinski definition) is 2. The van der Waals surface area contributed by atoms with Gasteiger partial charge in [0.1, 0.15) is 12.1 Å². The molecule has 1 saturated heterocycles. The van der Waals surface area contributed by atoms with Gasteiger partial charge in [0.25, 0.3) is 5.91 Å². The number of benzene rings is 1. The number of hydrogen-bond acceptors (Lipinski definition) is 4. The number of amides is 4. The molecule has 4 amide bonds. The van der Waals surface area contributed by atoms with E-state index in [1.54, 1.807) is 31.2 Å². The molecule has 25 heavy (non-hydrogen) atoms. The number of imide groups is 1. The Morgan fingerprint density at radius 3 is 2.60 bits per heavy atom. The van der Waals surface area contributed by atoms with Gasteiger partial charge in [-0.25, -0.2) is 4.79 Å². The van der Waals surface area contributed by atoms with E-state index in [1.165, 1.54) is 11.3 Å². The first-order valence-electron chi connectivity index (χ1n) is 7.94. The fourth-order valence-electron chi connectivity index (χ4n) is 2.85. The van der Waals surface area contributed by atoms with Gasteiger partial charge in [0.2, 0.25) is 5.91 Å². The molecule has 2 heterocycles. The highest BCUT2D eigenvalue weighted by Crippen LogP contribution is 2.28. The summed E-state index contributed by atoms with van der Waals surface area (Å²) in [5, 5.41) is 7.44. The fourth-order valence-corrected chi connectivity index (χ4v) is 3.58. The van der Waals surface area contributed by atoms with Crippen molar-refractivity contribution in [1.29, 1.82) is 0 Å². The monoisotopic (exact) mass is 357 g/mol. The van der Waals surface area contributed by atoms with Gasteiger partial charge in [-0.15, -0.1) is 11.3 Å². The molecule has 1 fully saturated rings. The molecule has 1 aliphatic rings. The molecular weight excluding hydrogens is 338 g/mol. The molecule has 0 radical (unpaired) electrons. The SMILES string of the molecule is CC(NC(=O)CN1C(=O)NC(C)(c2ccccc2)C1=O)c1cccs1. The third-order valence-corrected chi connectivity index (χ3v) is 5.33. The predicted octanol–water partition coefficient (Wildman–Crippen LogP) is 2.39. The number of carbonyl (C=O) groups is 3. The zero-order valence-electron chi connectivity index (χ0n) is 14.0. The standard InChI is InChI=1S/C18H19N3O3S/c1-12(14-9-6-10-25-14)19-15(22)11-21-16(23)18(2,20-17(21)24)13-7-4-3-5-8-13/h3-10,12H,11H2,1-2H3,(H,19,22)(H,20,24). The van der Waals surface area contributed by atoms with Crippen LogP contribution in [0, 0.1) is 0 Å². The van der Waals surface area contributed by atoms with Gasteiger partial charge >= 0.3 is 6.03 Å². The van der Waals surface area contributed by atoms with Crippen molar-refractivity contribution in [3.8, 4) is 0 Å². The van der Waals surface area contributed by atoms with Crippen LogP contribution in [0.2, 0.25) is 0 Å². The summed E-state index contributed by atoms with van der Waals surface area (Å²) in [6.45, 7) is 3.21. The van der Waals surface area contributed by atoms with Crippen molar-refractivity contribution in [2.24, 2.45) is 0 Å². The second-order valence-electron chi connectivity index (χ2n) is 6.12. The average molecular weight is 357 g/mol. The van der Waals surface area contributed by atoms with Crippen LogP contribution in [0.25, 0.3) is 0 Å². The lowest BCUT2D eigenvalue weighted by molar-refractivity contribution is -0.135. The molecule has 0 aliphatic carbocycles. The number of rotatable bonds is 5. The molecule has 2 aromatic rings. The van der Waals surface area contributed by atoms with Crippen molar-refractivity contribution in [2.75, 3.05) is 6.54 Å². The molecule has 6 nitrogen and oxygen atoms in total. The molecule has 2 atom stereocenters. The number of carbonyl (C=O) groups excluding carboxylic acids is 3. The average Bonchev–Trinajstić information content (AvgIpc) is 3.20. The molecule has 130 valence electrons. The smallest absolute Gasteiger partial charge is 0.325 e. The highest BCUT2D eigenvalue weighted by atomic mass is 32.1. The molecule has 0 bridgehead atoms. The van der Waals surface area contributed by atoms with E-state index in [9.17, 15) is 14.4 Å². The highest BCUT2D eigenvalue weighted by molar-refractivity contribution is 7.10. The zero-order chi connectivity index (χ0) is 18.0. The Labute approximate surface area is 149 Å². The molecule has 1 aromatic carbocycles. The van der Waals surface area contributed by atoms with Crippen molar-refractivity contribution in [2.45, 2.75) is 25.4 Å². The molecular formula is C18H19N3O3S. The fraction of sp³-hybridized carbons (Fsp3) is 0.278. The summed E-state index contributed by atoms with van der Waals surface area (Å²) >= 11 is 1.54. The first kappa shape index (κ1) is 17.2. The Balaban J connectivity index is 1.70. The van der Waals surface area contributed by atoms with Crippen LogP contribution in [0.1, 0.15) is 30.3 Å². The summed E-state index contributed by atoms with van der Waals surface area (Å²) in [7, 11) is 0. The maximum atomic E-state index is 12.8. The summed E-state index contributed by atoms with van der Waals surface area (Å²) < 4.78 is 0. The normalized spacial score (nSPS) is 21.1. The quantitative estimate of drug-likeness (QED) is 0.807. The Morgan fingerprint density at radius 2 is 1.96 bits per heavy atom. The van der Waals surface area contributed by atoms with E-state index >= 15 is 0 Å². The van der Waals surface area contributed by atoms with E-state index in [2.05, 4.69) is 10.6 Å². The first-order chi connectivity index (χ1) is 11.9. The van der Waals surface area contributed by atoms with E-state index in [1.807, 2.05) is 30.5 Å². The van der Waals surface area contributed by atoms with Gasteiger partial charge in [0, 0.05) is 4.88 Å². The van der Waals surface area contributed by atoms with Crippen LogP contribution >= 0.6 is 11.3 Å². The van der Waals surface area contributed by atoms with Crippen LogP contribution in [0.4, 0.5) is 4.79 Å². The van der Waals surface area contributed by atoms with E-state index in [0.717, 1.165) is 9.78 Å². The van der Waals surface area contributed by atoms with Crippen molar-refractivity contribution >= 4 is 29.2 Å². The van der Waals surface area contributed by atoms with Crippen molar-refractivity contribution in [3.63, 3.8) is 0 Å². The van der Waals surface area contributed by atoms with Gasteiger partial charge in [0.05, 0.1) is 6.04 Å². The molecule has 2 N–H and O–H groups in total. The number of urea groups is 1. The Morgan fingerprint density at radius 1 is 1.24 bits per heavy atom. The summed E-state index contributed by atoms with van der Waals surface area (Å²) in [5.74, 6) is -0.802. The molecule has 0 saturated carbocycles. The summed E-state index contributed by atoms with van der Waals surface area (Å²) in [6.07, 6.45) is 0. The van der Waals surface area contributed by atoms with Crippen LogP contribution in [-0.2, 0) is 15.1 Å². The largest absolute Gasteiger partial charge is 0.347 e. The number of nitrogens with zero attached hydrogens (tertiary/aromatic N) is 1. The maximum Gasteiger partial charge on any atom is 0.325 e.